The van der Waals surface area contributed by atoms with Crippen molar-refractivity contribution < 1.29 is 8.42 Å². The van der Waals surface area contributed by atoms with Crippen LogP contribution in [0.5, 0.6) is 0 Å². The van der Waals surface area contributed by atoms with E-state index in [2.05, 4.69) is 40.9 Å². The van der Waals surface area contributed by atoms with Gasteiger partial charge in [0.05, 0.1) is 17.1 Å². The molecule has 1 aliphatic heterocycles. The lowest BCUT2D eigenvalue weighted by molar-refractivity contribution is 0.255. The molecule has 2 heterocycles. The number of hydrogen-bond acceptors (Lipinski definition) is 5. The van der Waals surface area contributed by atoms with Gasteiger partial charge >= 0.3 is 0 Å². The first kappa shape index (κ1) is 23.0. The summed E-state index contributed by atoms with van der Waals surface area (Å²) in [6, 6.07) is 10.2. The van der Waals surface area contributed by atoms with Gasteiger partial charge in [0.2, 0.25) is 15.0 Å². The monoisotopic (exact) mass is 432 g/mol. The first-order valence-electron chi connectivity index (χ1n) is 11.0. The number of imidazole rings is 1. The van der Waals surface area contributed by atoms with Gasteiger partial charge in [-0.15, -0.1) is 0 Å². The third kappa shape index (κ3) is 5.50. The lowest BCUT2D eigenvalue weighted by Gasteiger charge is -2.22. The van der Waals surface area contributed by atoms with E-state index in [1.54, 1.807) is 20.0 Å². The molecule has 0 unspecified atom stereocenters. The number of rotatable bonds is 10. The van der Waals surface area contributed by atoms with Crippen LogP contribution in [-0.2, 0) is 29.3 Å². The Morgan fingerprint density at radius 3 is 2.60 bits per heavy atom. The van der Waals surface area contributed by atoms with Gasteiger partial charge in [-0.2, -0.15) is 0 Å². The molecule has 0 saturated carbocycles. The highest BCUT2D eigenvalue weighted by Gasteiger charge is 2.27. The standard InChI is InChI=1S/C23H36N4O2S/c1-5-26-13-11-21(17-26)16-25(4)18-22-15-24-23(30(28,29)19(2)3)27(22)14-12-20-9-7-6-8-10-20/h6-10,15,19,21H,5,11-14,16-18H2,1-4H3/t21-/m0/s1. The van der Waals surface area contributed by atoms with Gasteiger partial charge in [-0.1, -0.05) is 37.3 Å². The molecule has 0 amide bonds. The van der Waals surface area contributed by atoms with Crippen LogP contribution < -0.4 is 0 Å². The minimum atomic E-state index is -3.43. The molecule has 0 radical (unpaired) electrons. The van der Waals surface area contributed by atoms with E-state index in [9.17, 15) is 8.42 Å². The molecule has 7 heteroatoms. The molecule has 0 bridgehead atoms. The zero-order valence-corrected chi connectivity index (χ0v) is 19.6. The molecular formula is C23H36N4O2S. The lowest BCUT2D eigenvalue weighted by atomic mass is 10.1. The second-order valence-corrected chi connectivity index (χ2v) is 11.2. The second kappa shape index (κ2) is 10.1. The van der Waals surface area contributed by atoms with Crippen molar-refractivity contribution in [3.8, 4) is 0 Å². The first-order valence-corrected chi connectivity index (χ1v) is 12.6. The van der Waals surface area contributed by atoms with E-state index < -0.39 is 15.1 Å². The fourth-order valence-electron chi connectivity index (χ4n) is 4.21. The average Bonchev–Trinajstić information content (AvgIpc) is 3.34. The van der Waals surface area contributed by atoms with Crippen molar-refractivity contribution >= 4 is 9.84 Å². The highest BCUT2D eigenvalue weighted by atomic mass is 32.2. The van der Waals surface area contributed by atoms with Gasteiger partial charge in [0.25, 0.3) is 0 Å². The highest BCUT2D eigenvalue weighted by molar-refractivity contribution is 7.91. The maximum absolute atomic E-state index is 12.9. The molecular weight excluding hydrogens is 396 g/mol. The summed E-state index contributed by atoms with van der Waals surface area (Å²) in [5.74, 6) is 0.675. The summed E-state index contributed by atoms with van der Waals surface area (Å²) in [7, 11) is -1.31. The molecule has 6 nitrogen and oxygen atoms in total. The summed E-state index contributed by atoms with van der Waals surface area (Å²) in [6.45, 7) is 11.4. The van der Waals surface area contributed by atoms with Crippen molar-refractivity contribution in [2.24, 2.45) is 5.92 Å². The van der Waals surface area contributed by atoms with Crippen molar-refractivity contribution in [3.63, 3.8) is 0 Å². The van der Waals surface area contributed by atoms with Gasteiger partial charge in [-0.25, -0.2) is 13.4 Å². The maximum atomic E-state index is 12.9. The SMILES string of the molecule is CCN1CC[C@@H](CN(C)Cc2cnc(S(=O)(=O)C(C)C)n2CCc2ccccc2)C1. The number of aryl methyl sites for hydroxylation is 1. The molecule has 0 aliphatic carbocycles. The van der Waals surface area contributed by atoms with Crippen molar-refractivity contribution in [3.05, 3.63) is 47.8 Å². The molecule has 0 N–H and O–H groups in total. The average molecular weight is 433 g/mol. The van der Waals surface area contributed by atoms with Crippen LogP contribution in [0.25, 0.3) is 0 Å². The van der Waals surface area contributed by atoms with Crippen LogP contribution in [0.2, 0.25) is 0 Å². The molecule has 3 rings (SSSR count). The van der Waals surface area contributed by atoms with Crippen LogP contribution in [0.15, 0.2) is 41.7 Å². The number of nitrogens with zero attached hydrogens (tertiary/aromatic N) is 4. The zero-order valence-electron chi connectivity index (χ0n) is 18.8. The topological polar surface area (TPSA) is 58.4 Å². The Labute approximate surface area is 181 Å². The normalized spacial score (nSPS) is 18.0. The van der Waals surface area contributed by atoms with Crippen LogP contribution in [0.4, 0.5) is 0 Å². The van der Waals surface area contributed by atoms with Gasteiger partial charge in [0.15, 0.2) is 0 Å². The van der Waals surface area contributed by atoms with Crippen LogP contribution in [0.3, 0.4) is 0 Å². The summed E-state index contributed by atoms with van der Waals surface area (Å²) >= 11 is 0. The summed E-state index contributed by atoms with van der Waals surface area (Å²) in [5.41, 5.74) is 2.17. The van der Waals surface area contributed by atoms with E-state index in [-0.39, 0.29) is 5.16 Å². The highest BCUT2D eigenvalue weighted by Crippen LogP contribution is 2.21. The van der Waals surface area contributed by atoms with Gasteiger partial charge in [-0.3, -0.25) is 0 Å². The number of aromatic nitrogens is 2. The van der Waals surface area contributed by atoms with Crippen LogP contribution >= 0.6 is 0 Å². The Morgan fingerprint density at radius 1 is 1.23 bits per heavy atom. The molecule has 1 aromatic heterocycles. The molecule has 2 aromatic rings. The zero-order chi connectivity index (χ0) is 21.7. The Balaban J connectivity index is 1.76. The lowest BCUT2D eigenvalue weighted by Crippen LogP contribution is -2.29. The third-order valence-electron chi connectivity index (χ3n) is 6.06. The van der Waals surface area contributed by atoms with Gasteiger partial charge in [0.1, 0.15) is 0 Å². The van der Waals surface area contributed by atoms with Crippen molar-refractivity contribution in [1.82, 2.24) is 19.4 Å². The Hall–Kier alpha value is -1.70. The summed E-state index contributed by atoms with van der Waals surface area (Å²) in [5, 5.41) is -0.283. The number of hydrogen-bond donors (Lipinski definition) is 0. The molecule has 166 valence electrons. The van der Waals surface area contributed by atoms with Crippen LogP contribution in [0, 0.1) is 5.92 Å². The van der Waals surface area contributed by atoms with E-state index >= 15 is 0 Å². The fraction of sp³-hybridized carbons (Fsp3) is 0.609. The largest absolute Gasteiger partial charge is 0.317 e. The fourth-order valence-corrected chi connectivity index (χ4v) is 5.35. The van der Waals surface area contributed by atoms with Crippen molar-refractivity contribution in [1.29, 1.82) is 0 Å². The summed E-state index contributed by atoms with van der Waals surface area (Å²) in [4.78, 5) is 9.18. The van der Waals surface area contributed by atoms with E-state index in [1.807, 2.05) is 22.8 Å². The quantitative estimate of drug-likeness (QED) is 0.577. The van der Waals surface area contributed by atoms with Crippen LogP contribution in [0.1, 0.15) is 38.4 Å². The summed E-state index contributed by atoms with van der Waals surface area (Å²) < 4.78 is 27.7. The number of likely N-dealkylation sites (tertiary alicyclic amines) is 1. The predicted octanol–water partition coefficient (Wildman–Crippen LogP) is 3.08. The van der Waals surface area contributed by atoms with E-state index in [4.69, 9.17) is 0 Å². The molecule has 1 aromatic carbocycles. The smallest absolute Gasteiger partial charge is 0.228 e. The van der Waals surface area contributed by atoms with Gasteiger partial charge < -0.3 is 14.4 Å². The third-order valence-corrected chi connectivity index (χ3v) is 8.14. The maximum Gasteiger partial charge on any atom is 0.228 e. The number of sulfone groups is 1. The van der Waals surface area contributed by atoms with E-state index in [1.165, 1.54) is 18.5 Å². The van der Waals surface area contributed by atoms with Crippen molar-refractivity contribution in [2.75, 3.05) is 33.2 Å². The van der Waals surface area contributed by atoms with E-state index in [0.29, 0.717) is 19.0 Å². The molecule has 0 spiro atoms. The Kier molecular flexibility index (Phi) is 7.71. The summed E-state index contributed by atoms with van der Waals surface area (Å²) in [6.07, 6.45) is 3.77. The molecule has 1 aliphatic rings. The van der Waals surface area contributed by atoms with Crippen molar-refractivity contribution in [2.45, 2.75) is 57.1 Å². The molecule has 30 heavy (non-hydrogen) atoms. The minimum Gasteiger partial charge on any atom is -0.317 e. The molecule has 1 atom stereocenters. The first-order chi connectivity index (χ1) is 14.3. The van der Waals surface area contributed by atoms with Gasteiger partial charge in [0, 0.05) is 26.2 Å². The van der Waals surface area contributed by atoms with Gasteiger partial charge in [-0.05, 0) is 58.3 Å². The minimum absolute atomic E-state index is 0.204. The predicted molar refractivity (Wildman–Crippen MR) is 121 cm³/mol. The molecule has 1 fully saturated rings. The van der Waals surface area contributed by atoms with E-state index in [0.717, 1.165) is 31.7 Å². The second-order valence-electron chi connectivity index (χ2n) is 8.76. The Bertz CT molecular complexity index is 909. The van der Waals surface area contributed by atoms with Crippen LogP contribution in [-0.4, -0.2) is 66.2 Å². The number of benzene rings is 1. The molecule has 1 saturated heterocycles. The Morgan fingerprint density at radius 2 is 1.97 bits per heavy atom.